The standard InChI is InChI=1S/C15H15N3O2/c19-15(18-20)8-7-13-5-1-2-6-14(13)17-11-12-4-3-9-16-10-12/h1-10,17,20H,11H2,(H,18,19). The molecule has 0 saturated heterocycles. The molecule has 20 heavy (non-hydrogen) atoms. The maximum atomic E-state index is 11.0. The molecule has 5 heteroatoms. The SMILES string of the molecule is O=C(C=Cc1ccccc1NCc1cccnc1)NO. The summed E-state index contributed by atoms with van der Waals surface area (Å²) in [5, 5.41) is 11.7. The number of benzene rings is 1. The molecule has 0 fully saturated rings. The number of carbonyl (C=O) groups is 1. The van der Waals surface area contributed by atoms with E-state index in [2.05, 4.69) is 10.3 Å². The molecule has 2 rings (SSSR count). The minimum Gasteiger partial charge on any atom is -0.380 e. The number of hydrogen-bond donors (Lipinski definition) is 3. The van der Waals surface area contributed by atoms with Crippen LogP contribution in [0.5, 0.6) is 0 Å². The van der Waals surface area contributed by atoms with E-state index >= 15 is 0 Å². The molecule has 0 aliphatic carbocycles. The Morgan fingerprint density at radius 1 is 1.25 bits per heavy atom. The number of aromatic nitrogens is 1. The van der Waals surface area contributed by atoms with E-state index in [-0.39, 0.29) is 0 Å². The normalized spacial score (nSPS) is 10.4. The molecule has 1 aromatic carbocycles. The van der Waals surface area contributed by atoms with Gasteiger partial charge >= 0.3 is 0 Å². The van der Waals surface area contributed by atoms with E-state index in [9.17, 15) is 4.79 Å². The topological polar surface area (TPSA) is 74.2 Å². The van der Waals surface area contributed by atoms with Crippen LogP contribution in [0.1, 0.15) is 11.1 Å². The number of para-hydroxylation sites is 1. The molecule has 2 aromatic rings. The summed E-state index contributed by atoms with van der Waals surface area (Å²) in [4.78, 5) is 15.1. The van der Waals surface area contributed by atoms with Gasteiger partial charge in [-0.15, -0.1) is 0 Å². The minimum absolute atomic E-state index is 0.563. The molecule has 0 unspecified atom stereocenters. The summed E-state index contributed by atoms with van der Waals surface area (Å²) in [6, 6.07) is 11.5. The number of nitrogens with one attached hydrogen (secondary N) is 2. The lowest BCUT2D eigenvalue weighted by Crippen LogP contribution is -2.14. The van der Waals surface area contributed by atoms with E-state index in [0.717, 1.165) is 16.8 Å². The van der Waals surface area contributed by atoms with Crippen molar-refractivity contribution in [2.75, 3.05) is 5.32 Å². The van der Waals surface area contributed by atoms with Crippen molar-refractivity contribution in [1.82, 2.24) is 10.5 Å². The summed E-state index contributed by atoms with van der Waals surface area (Å²) in [6.45, 7) is 0.644. The number of hydrogen-bond acceptors (Lipinski definition) is 4. The number of amides is 1. The number of rotatable bonds is 5. The van der Waals surface area contributed by atoms with Crippen LogP contribution in [0.2, 0.25) is 0 Å². The highest BCUT2D eigenvalue weighted by Gasteiger charge is 1.99. The van der Waals surface area contributed by atoms with Gasteiger partial charge in [-0.25, -0.2) is 5.48 Å². The van der Waals surface area contributed by atoms with Crippen molar-refractivity contribution in [2.24, 2.45) is 0 Å². The largest absolute Gasteiger partial charge is 0.380 e. The average molecular weight is 269 g/mol. The summed E-state index contributed by atoms with van der Waals surface area (Å²) in [6.07, 6.45) is 6.43. The van der Waals surface area contributed by atoms with Gasteiger partial charge in [0.05, 0.1) is 0 Å². The number of hydroxylamine groups is 1. The fourth-order valence-corrected chi connectivity index (χ4v) is 1.71. The average Bonchev–Trinajstić information content (AvgIpc) is 2.52. The van der Waals surface area contributed by atoms with E-state index < -0.39 is 5.91 Å². The van der Waals surface area contributed by atoms with Crippen molar-refractivity contribution < 1.29 is 10.0 Å². The molecule has 0 radical (unpaired) electrons. The Labute approximate surface area is 116 Å². The Bertz CT molecular complexity index is 597. The summed E-state index contributed by atoms with van der Waals surface area (Å²) < 4.78 is 0. The Kier molecular flexibility index (Phi) is 4.86. The monoisotopic (exact) mass is 269 g/mol. The van der Waals surface area contributed by atoms with Crippen molar-refractivity contribution >= 4 is 17.7 Å². The summed E-state index contributed by atoms with van der Waals surface area (Å²) in [5.41, 5.74) is 4.39. The molecule has 0 aliphatic rings. The molecule has 0 spiro atoms. The van der Waals surface area contributed by atoms with Gasteiger partial charge in [-0.05, 0) is 29.3 Å². The molecular formula is C15H15N3O2. The van der Waals surface area contributed by atoms with Crippen LogP contribution in [0.3, 0.4) is 0 Å². The quantitative estimate of drug-likeness (QED) is 0.442. The van der Waals surface area contributed by atoms with Crippen molar-refractivity contribution in [3.8, 4) is 0 Å². The van der Waals surface area contributed by atoms with E-state index in [1.54, 1.807) is 23.9 Å². The maximum absolute atomic E-state index is 11.0. The first-order valence-corrected chi connectivity index (χ1v) is 6.13. The van der Waals surface area contributed by atoms with Crippen LogP contribution in [-0.4, -0.2) is 16.1 Å². The zero-order valence-corrected chi connectivity index (χ0v) is 10.8. The van der Waals surface area contributed by atoms with Crippen molar-refractivity contribution in [2.45, 2.75) is 6.54 Å². The van der Waals surface area contributed by atoms with Gasteiger partial charge < -0.3 is 5.32 Å². The smallest absolute Gasteiger partial charge is 0.267 e. The van der Waals surface area contributed by atoms with Gasteiger partial charge in [0.15, 0.2) is 0 Å². The van der Waals surface area contributed by atoms with Gasteiger partial charge in [0.1, 0.15) is 0 Å². The zero-order valence-electron chi connectivity index (χ0n) is 10.8. The van der Waals surface area contributed by atoms with E-state index in [0.29, 0.717) is 6.54 Å². The van der Waals surface area contributed by atoms with Crippen LogP contribution in [0, 0.1) is 0 Å². The molecule has 0 aliphatic heterocycles. The Hall–Kier alpha value is -2.66. The van der Waals surface area contributed by atoms with E-state index in [4.69, 9.17) is 5.21 Å². The molecule has 1 amide bonds. The summed E-state index contributed by atoms with van der Waals surface area (Å²) in [7, 11) is 0. The molecule has 102 valence electrons. The van der Waals surface area contributed by atoms with Gasteiger partial charge in [-0.3, -0.25) is 15.0 Å². The van der Waals surface area contributed by atoms with Crippen LogP contribution < -0.4 is 10.8 Å². The molecule has 1 heterocycles. The molecule has 5 nitrogen and oxygen atoms in total. The van der Waals surface area contributed by atoms with Crippen molar-refractivity contribution in [1.29, 1.82) is 0 Å². The minimum atomic E-state index is -0.563. The Morgan fingerprint density at radius 3 is 2.85 bits per heavy atom. The lowest BCUT2D eigenvalue weighted by molar-refractivity contribution is -0.124. The zero-order chi connectivity index (χ0) is 14.2. The van der Waals surface area contributed by atoms with Gasteiger partial charge in [-0.1, -0.05) is 24.3 Å². The maximum Gasteiger partial charge on any atom is 0.267 e. The van der Waals surface area contributed by atoms with Gasteiger partial charge in [-0.2, -0.15) is 0 Å². The third-order valence-electron chi connectivity index (χ3n) is 2.69. The van der Waals surface area contributed by atoms with Crippen LogP contribution in [0.4, 0.5) is 5.69 Å². The van der Waals surface area contributed by atoms with Crippen molar-refractivity contribution in [3.63, 3.8) is 0 Å². The Morgan fingerprint density at radius 2 is 2.10 bits per heavy atom. The highest BCUT2D eigenvalue weighted by Crippen LogP contribution is 2.17. The number of nitrogens with zero attached hydrogens (tertiary/aromatic N) is 1. The van der Waals surface area contributed by atoms with Gasteiger partial charge in [0, 0.05) is 30.7 Å². The second-order valence-electron chi connectivity index (χ2n) is 4.11. The van der Waals surface area contributed by atoms with E-state index in [1.807, 2.05) is 36.4 Å². The van der Waals surface area contributed by atoms with E-state index in [1.165, 1.54) is 6.08 Å². The second kappa shape index (κ2) is 7.06. The van der Waals surface area contributed by atoms with Crippen molar-refractivity contribution in [3.05, 3.63) is 66.0 Å². The first-order valence-electron chi connectivity index (χ1n) is 6.13. The number of anilines is 1. The fourth-order valence-electron chi connectivity index (χ4n) is 1.71. The highest BCUT2D eigenvalue weighted by molar-refractivity contribution is 5.91. The molecule has 3 N–H and O–H groups in total. The lowest BCUT2D eigenvalue weighted by atomic mass is 10.1. The summed E-state index contributed by atoms with van der Waals surface area (Å²) in [5.74, 6) is -0.563. The predicted octanol–water partition coefficient (Wildman–Crippen LogP) is 2.21. The number of carbonyl (C=O) groups excluding carboxylic acids is 1. The Balaban J connectivity index is 2.08. The first kappa shape index (κ1) is 13.8. The third-order valence-corrected chi connectivity index (χ3v) is 2.69. The molecule has 1 aromatic heterocycles. The fraction of sp³-hybridized carbons (Fsp3) is 0.0667. The molecule has 0 atom stereocenters. The third kappa shape index (κ3) is 3.93. The first-order chi connectivity index (χ1) is 9.79. The van der Waals surface area contributed by atoms with Gasteiger partial charge in [0.2, 0.25) is 0 Å². The summed E-state index contributed by atoms with van der Waals surface area (Å²) >= 11 is 0. The molecule has 0 saturated carbocycles. The second-order valence-corrected chi connectivity index (χ2v) is 4.11. The van der Waals surface area contributed by atoms with Crippen LogP contribution in [0.15, 0.2) is 54.9 Å². The van der Waals surface area contributed by atoms with Crippen LogP contribution in [0.25, 0.3) is 6.08 Å². The predicted molar refractivity (Wildman–Crippen MR) is 77.0 cm³/mol. The molecule has 0 bridgehead atoms. The number of pyridine rings is 1. The highest BCUT2D eigenvalue weighted by atomic mass is 16.5. The van der Waals surface area contributed by atoms with Crippen LogP contribution in [-0.2, 0) is 11.3 Å². The van der Waals surface area contributed by atoms with Gasteiger partial charge in [0.25, 0.3) is 5.91 Å². The van der Waals surface area contributed by atoms with Crippen LogP contribution >= 0.6 is 0 Å². The lowest BCUT2D eigenvalue weighted by Gasteiger charge is -2.09. The molecular weight excluding hydrogens is 254 g/mol.